The maximum Gasteiger partial charge on any atom is 0.147 e. The second kappa shape index (κ2) is 7.42. The first kappa shape index (κ1) is 13.0. The lowest BCUT2D eigenvalue weighted by atomic mass is 10.0. The van der Waals surface area contributed by atoms with Crippen molar-refractivity contribution in [2.75, 3.05) is 0 Å². The fourth-order valence-electron chi connectivity index (χ4n) is 1.24. The van der Waals surface area contributed by atoms with Crippen molar-refractivity contribution in [1.82, 2.24) is 0 Å². The maximum absolute atomic E-state index is 11.2. The van der Waals surface area contributed by atoms with Gasteiger partial charge in [-0.15, -0.1) is 0 Å². The van der Waals surface area contributed by atoms with Crippen molar-refractivity contribution in [2.45, 2.75) is 52.4 Å². The van der Waals surface area contributed by atoms with E-state index in [4.69, 9.17) is 0 Å². The normalized spacial score (nSPS) is 9.86. The van der Waals surface area contributed by atoms with Gasteiger partial charge in [0.25, 0.3) is 0 Å². The van der Waals surface area contributed by atoms with Crippen molar-refractivity contribution in [3.8, 4) is 0 Å². The van der Waals surface area contributed by atoms with E-state index < -0.39 is 0 Å². The van der Waals surface area contributed by atoms with Gasteiger partial charge in [0, 0.05) is 12.8 Å². The van der Waals surface area contributed by atoms with E-state index in [9.17, 15) is 14.4 Å². The second-order valence-corrected chi connectivity index (χ2v) is 3.47. The molecule has 0 rings (SSSR count). The third-order valence-corrected chi connectivity index (χ3v) is 1.85. The van der Waals surface area contributed by atoms with E-state index >= 15 is 0 Å². The van der Waals surface area contributed by atoms with E-state index in [1.807, 2.05) is 13.8 Å². The van der Waals surface area contributed by atoms with Crippen LogP contribution in [-0.4, -0.2) is 17.3 Å². The van der Waals surface area contributed by atoms with Crippen LogP contribution in [0.1, 0.15) is 52.4 Å². The quantitative estimate of drug-likeness (QED) is 0.561. The molecular formula is C11H18O3. The lowest BCUT2D eigenvalue weighted by Crippen LogP contribution is -2.12. The third kappa shape index (κ3) is 6.52. The van der Waals surface area contributed by atoms with E-state index in [0.717, 1.165) is 12.8 Å². The smallest absolute Gasteiger partial charge is 0.147 e. The molecule has 0 aliphatic rings. The molecule has 0 aromatic heterocycles. The number of ketones is 3. The van der Waals surface area contributed by atoms with E-state index in [-0.39, 0.29) is 30.2 Å². The minimum Gasteiger partial charge on any atom is -0.299 e. The predicted octanol–water partition coefficient (Wildman–Crippen LogP) is 2.07. The summed E-state index contributed by atoms with van der Waals surface area (Å²) < 4.78 is 0. The molecular weight excluding hydrogens is 180 g/mol. The molecule has 0 N–H and O–H groups in total. The van der Waals surface area contributed by atoms with Gasteiger partial charge in [0.15, 0.2) is 0 Å². The van der Waals surface area contributed by atoms with Crippen molar-refractivity contribution in [3.63, 3.8) is 0 Å². The van der Waals surface area contributed by atoms with Crippen LogP contribution in [0, 0.1) is 0 Å². The number of carbonyl (C=O) groups is 3. The Bertz CT molecular complexity index is 197. The van der Waals surface area contributed by atoms with E-state index in [0.29, 0.717) is 12.8 Å². The molecule has 0 fully saturated rings. The molecule has 0 aliphatic carbocycles. The first-order chi connectivity index (χ1) is 6.60. The molecule has 0 amide bonds. The lowest BCUT2D eigenvalue weighted by Gasteiger charge is -1.98. The van der Waals surface area contributed by atoms with Gasteiger partial charge < -0.3 is 0 Å². The maximum atomic E-state index is 11.2. The third-order valence-electron chi connectivity index (χ3n) is 1.85. The summed E-state index contributed by atoms with van der Waals surface area (Å²) in [4.78, 5) is 33.3. The SMILES string of the molecule is CCCC(=O)CC(=O)CC(=O)CCC. The van der Waals surface area contributed by atoms with Crippen LogP contribution in [0.4, 0.5) is 0 Å². The highest BCUT2D eigenvalue weighted by atomic mass is 16.2. The molecule has 14 heavy (non-hydrogen) atoms. The molecule has 0 saturated carbocycles. The molecule has 80 valence electrons. The molecule has 0 bridgehead atoms. The average Bonchev–Trinajstić information content (AvgIpc) is 2.03. The largest absolute Gasteiger partial charge is 0.299 e. The Labute approximate surface area is 84.9 Å². The zero-order valence-electron chi connectivity index (χ0n) is 8.97. The zero-order valence-corrected chi connectivity index (χ0v) is 8.97. The minimum absolute atomic E-state index is 0.0539. The van der Waals surface area contributed by atoms with Crippen LogP contribution in [0.2, 0.25) is 0 Å². The lowest BCUT2D eigenvalue weighted by molar-refractivity contribution is -0.130. The van der Waals surface area contributed by atoms with Gasteiger partial charge >= 0.3 is 0 Å². The Hall–Kier alpha value is -0.990. The molecule has 0 saturated heterocycles. The van der Waals surface area contributed by atoms with Gasteiger partial charge in [0.1, 0.15) is 17.3 Å². The van der Waals surface area contributed by atoms with Gasteiger partial charge in [-0.1, -0.05) is 13.8 Å². The monoisotopic (exact) mass is 198 g/mol. The van der Waals surface area contributed by atoms with Crippen LogP contribution in [0.3, 0.4) is 0 Å². The summed E-state index contributed by atoms with van der Waals surface area (Å²) in [6, 6.07) is 0. The van der Waals surface area contributed by atoms with Gasteiger partial charge in [-0.3, -0.25) is 14.4 Å². The topological polar surface area (TPSA) is 51.2 Å². The molecule has 3 nitrogen and oxygen atoms in total. The molecule has 0 spiro atoms. The summed E-state index contributed by atoms with van der Waals surface area (Å²) in [5.74, 6) is -0.342. The Morgan fingerprint density at radius 3 is 1.36 bits per heavy atom. The van der Waals surface area contributed by atoms with Crippen molar-refractivity contribution >= 4 is 17.3 Å². The summed E-state index contributed by atoms with van der Waals surface area (Å²) in [6.07, 6.45) is 2.26. The molecule has 0 aromatic rings. The van der Waals surface area contributed by atoms with Crippen molar-refractivity contribution < 1.29 is 14.4 Å². The Morgan fingerprint density at radius 1 is 0.714 bits per heavy atom. The standard InChI is InChI=1S/C11H18O3/c1-3-5-9(12)7-11(14)8-10(13)6-4-2/h3-8H2,1-2H3. The second-order valence-electron chi connectivity index (χ2n) is 3.47. The van der Waals surface area contributed by atoms with E-state index in [1.54, 1.807) is 0 Å². The van der Waals surface area contributed by atoms with Crippen LogP contribution >= 0.6 is 0 Å². The van der Waals surface area contributed by atoms with Gasteiger partial charge in [0.05, 0.1) is 12.8 Å². The van der Waals surface area contributed by atoms with Gasteiger partial charge in [-0.2, -0.15) is 0 Å². The van der Waals surface area contributed by atoms with Gasteiger partial charge in [-0.25, -0.2) is 0 Å². The molecule has 3 heteroatoms. The van der Waals surface area contributed by atoms with Crippen LogP contribution in [-0.2, 0) is 14.4 Å². The van der Waals surface area contributed by atoms with Crippen molar-refractivity contribution in [2.24, 2.45) is 0 Å². The predicted molar refractivity (Wildman–Crippen MR) is 54.1 cm³/mol. The number of Topliss-reactive ketones (excluding diaryl/α,β-unsaturated/α-hetero) is 3. The van der Waals surface area contributed by atoms with Crippen LogP contribution in [0.5, 0.6) is 0 Å². The average molecular weight is 198 g/mol. The fourth-order valence-corrected chi connectivity index (χ4v) is 1.24. The molecule has 0 aromatic carbocycles. The van der Waals surface area contributed by atoms with Crippen molar-refractivity contribution in [1.29, 1.82) is 0 Å². The summed E-state index contributed by atoms with van der Waals surface area (Å²) in [7, 11) is 0. The van der Waals surface area contributed by atoms with Crippen molar-refractivity contribution in [3.05, 3.63) is 0 Å². The fraction of sp³-hybridized carbons (Fsp3) is 0.727. The molecule has 0 atom stereocenters. The number of hydrogen-bond acceptors (Lipinski definition) is 3. The number of carbonyl (C=O) groups excluding carboxylic acids is 3. The summed E-state index contributed by atoms with van der Waals surface area (Å²) in [5, 5.41) is 0. The number of hydrogen-bond donors (Lipinski definition) is 0. The molecule has 0 unspecified atom stereocenters. The zero-order chi connectivity index (χ0) is 11.0. The Morgan fingerprint density at radius 2 is 1.07 bits per heavy atom. The Kier molecular flexibility index (Phi) is 6.89. The van der Waals surface area contributed by atoms with E-state index in [1.165, 1.54) is 0 Å². The summed E-state index contributed by atoms with van der Waals surface area (Å²) in [5.41, 5.74) is 0. The Balaban J connectivity index is 3.75. The van der Waals surface area contributed by atoms with Crippen LogP contribution < -0.4 is 0 Å². The summed E-state index contributed by atoms with van der Waals surface area (Å²) in [6.45, 7) is 3.79. The highest BCUT2D eigenvalue weighted by Crippen LogP contribution is 2.01. The molecule has 0 heterocycles. The first-order valence-corrected chi connectivity index (χ1v) is 5.15. The number of rotatable bonds is 8. The minimum atomic E-state index is -0.234. The summed E-state index contributed by atoms with van der Waals surface area (Å²) >= 11 is 0. The highest BCUT2D eigenvalue weighted by Gasteiger charge is 2.12. The van der Waals surface area contributed by atoms with Crippen LogP contribution in [0.15, 0.2) is 0 Å². The van der Waals surface area contributed by atoms with E-state index in [2.05, 4.69) is 0 Å². The molecule has 0 aliphatic heterocycles. The van der Waals surface area contributed by atoms with Gasteiger partial charge in [-0.05, 0) is 12.8 Å². The highest BCUT2D eigenvalue weighted by molar-refractivity contribution is 6.07. The van der Waals surface area contributed by atoms with Gasteiger partial charge in [0.2, 0.25) is 0 Å². The first-order valence-electron chi connectivity index (χ1n) is 5.15. The van der Waals surface area contributed by atoms with Crippen LogP contribution in [0.25, 0.3) is 0 Å². The molecule has 0 radical (unpaired) electrons.